The van der Waals surface area contributed by atoms with Gasteiger partial charge < -0.3 is 9.80 Å². The van der Waals surface area contributed by atoms with Gasteiger partial charge in [0.25, 0.3) is 0 Å². The largest absolute Gasteiger partial charge is 0.310 e. The first kappa shape index (κ1) is 68.0. The van der Waals surface area contributed by atoms with Crippen LogP contribution < -0.4 is 9.80 Å². The van der Waals surface area contributed by atoms with Crippen molar-refractivity contribution >= 4 is 46.3 Å². The second kappa shape index (κ2) is 27.8. The third-order valence-electron chi connectivity index (χ3n) is 22.0. The first-order valence-electron chi connectivity index (χ1n) is 36.5. The minimum Gasteiger partial charge on any atom is -0.310 e. The summed E-state index contributed by atoms with van der Waals surface area (Å²) in [5.74, 6) is -6.66. The third kappa shape index (κ3) is 11.5. The van der Waals surface area contributed by atoms with Gasteiger partial charge in [0, 0.05) is 57.4 Å². The van der Waals surface area contributed by atoms with Gasteiger partial charge in [-0.3, -0.25) is 0 Å². The van der Waals surface area contributed by atoms with Gasteiger partial charge in [-0.1, -0.05) is 280 Å². The molecule has 2 aliphatic rings. The molecule has 0 bridgehead atoms. The highest BCUT2D eigenvalue weighted by Gasteiger charge is 2.50. The summed E-state index contributed by atoms with van der Waals surface area (Å²) in [7, 11) is 0. The number of rotatable bonds is 17. The van der Waals surface area contributed by atoms with Gasteiger partial charge in [0.15, 0.2) is 23.3 Å². The molecule has 0 aliphatic heterocycles. The number of fused-ring (bicyclic) bond motifs is 6. The summed E-state index contributed by atoms with van der Waals surface area (Å²) >= 11 is 0. The molecule has 0 saturated carbocycles. The normalized spacial score (nSPS) is 14.4. The lowest BCUT2D eigenvalue weighted by atomic mass is 9.67. The van der Waals surface area contributed by atoms with Crippen LogP contribution in [0, 0.1) is 34.9 Å². The summed E-state index contributed by atoms with van der Waals surface area (Å²) < 4.78 is 96.7. The van der Waals surface area contributed by atoms with E-state index in [0.717, 1.165) is 146 Å². The number of anilines is 6. The fraction of sp³-hybridized carbons (Fsp3) is 0.0196. The molecule has 18 rings (SSSR count). The summed E-state index contributed by atoms with van der Waals surface area (Å²) in [6.45, 7) is 7.99. The van der Waals surface area contributed by atoms with Crippen molar-refractivity contribution in [2.75, 3.05) is 9.80 Å². The Morgan fingerprint density at radius 1 is 0.200 bits per heavy atom. The molecule has 0 saturated heterocycles. The highest BCUT2D eigenvalue weighted by molar-refractivity contribution is 5.93. The number of benzene rings is 16. The zero-order valence-corrected chi connectivity index (χ0v) is 59.4. The highest BCUT2D eigenvalue weighted by Crippen LogP contribution is 2.60. The Kier molecular flexibility index (Phi) is 17.2. The molecule has 0 heterocycles. The van der Waals surface area contributed by atoms with E-state index in [4.69, 9.17) is 0 Å². The Morgan fingerprint density at radius 3 is 0.809 bits per heavy atom. The van der Waals surface area contributed by atoms with Gasteiger partial charge in [-0.05, 0) is 219 Å². The smallest absolute Gasteiger partial charge is 0.161 e. The minimum absolute atomic E-state index is 0.0283. The SMILES string of the molecule is C=Cc1ccc(C2(c3cc(F)c(F)cc3F)c3ccccc3-c3ccc(N(c4ccc(-c5ccc(N(c6ccc(-c7cccc(-c8ccccc8)c7)cc6)c6ccc7c(c6)C(c6ccc(C=C)cc6)(c6cc(F)c(F)cc6F)c6ccccc6-7)cc5)cc4)c4ccc(-c5cccc(-c6ccccc6)c5)cc4)cc32)cc1. The van der Waals surface area contributed by atoms with E-state index in [1.165, 1.54) is 0 Å². The van der Waals surface area contributed by atoms with Crippen molar-refractivity contribution in [3.05, 3.63) is 468 Å². The molecular formula is C102H66F6N2. The molecule has 2 aliphatic carbocycles. The van der Waals surface area contributed by atoms with Crippen molar-refractivity contribution in [3.63, 3.8) is 0 Å². The molecule has 0 radical (unpaired) electrons. The molecule has 110 heavy (non-hydrogen) atoms. The predicted octanol–water partition coefficient (Wildman–Crippen LogP) is 27.8. The average molecular weight is 1430 g/mol. The van der Waals surface area contributed by atoms with Crippen LogP contribution in [-0.2, 0) is 10.8 Å². The second-order valence-electron chi connectivity index (χ2n) is 27.9. The van der Waals surface area contributed by atoms with Gasteiger partial charge >= 0.3 is 0 Å². The Bertz CT molecular complexity index is 5860. The van der Waals surface area contributed by atoms with Gasteiger partial charge in [0.1, 0.15) is 11.6 Å². The summed E-state index contributed by atoms with van der Waals surface area (Å²) in [5.41, 5.74) is 21.1. The Morgan fingerprint density at radius 2 is 0.473 bits per heavy atom. The van der Waals surface area contributed by atoms with Crippen LogP contribution in [0.1, 0.15) is 55.6 Å². The standard InChI is InChI=1S/C102H66F6N2/c1-3-65-29-41-77(42-30-65)101(93-61-97(105)99(107)63-95(93)103)89-27-13-11-25-85(89)87-55-53-83(59-91(87)101)109(81-49-37-71(38-50-81)75-23-15-21-73(57-75)67-17-7-5-8-18-67)79-45-33-69(34-46-79)70-35-47-80(48-36-70)110(82-51-39-72(40-52-82)76-24-16-22-74(58-76)68-19-9-6-10-20-68)84-54-56-88-86-26-12-14-28-90(86)102(92(88)60-84,78-43-31-66(4-2)32-44-78)94-62-98(106)100(108)64-96(94)104/h3-64H,1-2H2. The molecule has 526 valence electrons. The van der Waals surface area contributed by atoms with Gasteiger partial charge in [-0.15, -0.1) is 0 Å². The summed E-state index contributed by atoms with van der Waals surface area (Å²) in [6, 6.07) is 117. The number of hydrogen-bond acceptors (Lipinski definition) is 2. The molecule has 16 aromatic carbocycles. The minimum atomic E-state index is -1.45. The van der Waals surface area contributed by atoms with Crippen molar-refractivity contribution in [2.24, 2.45) is 0 Å². The zero-order valence-electron chi connectivity index (χ0n) is 59.4. The van der Waals surface area contributed by atoms with Gasteiger partial charge in [-0.25, -0.2) is 26.3 Å². The molecule has 8 heteroatoms. The van der Waals surface area contributed by atoms with Gasteiger partial charge in [0.05, 0.1) is 10.8 Å². The molecule has 0 spiro atoms. The topological polar surface area (TPSA) is 6.48 Å². The quantitative estimate of drug-likeness (QED) is 0.0662. The Balaban J connectivity index is 0.767. The fourth-order valence-electron chi connectivity index (χ4n) is 16.8. The van der Waals surface area contributed by atoms with Crippen LogP contribution in [0.3, 0.4) is 0 Å². The van der Waals surface area contributed by atoms with Crippen molar-refractivity contribution in [1.29, 1.82) is 0 Å². The predicted molar refractivity (Wildman–Crippen MR) is 438 cm³/mol. The lowest BCUT2D eigenvalue weighted by molar-refractivity contribution is 0.484. The van der Waals surface area contributed by atoms with E-state index in [1.807, 2.05) is 146 Å². The number of hydrogen-bond donors (Lipinski definition) is 0. The van der Waals surface area contributed by atoms with E-state index < -0.39 is 45.7 Å². The molecule has 0 fully saturated rings. The molecule has 16 aromatic rings. The third-order valence-corrected chi connectivity index (χ3v) is 22.0. The molecule has 0 aromatic heterocycles. The van der Waals surface area contributed by atoms with Crippen molar-refractivity contribution in [1.82, 2.24) is 0 Å². The summed E-state index contributed by atoms with van der Waals surface area (Å²) in [5, 5.41) is 0. The molecule has 2 nitrogen and oxygen atoms in total. The molecule has 2 unspecified atom stereocenters. The molecule has 0 N–H and O–H groups in total. The summed E-state index contributed by atoms with van der Waals surface area (Å²) in [6.07, 6.45) is 3.46. The van der Waals surface area contributed by atoms with Crippen LogP contribution in [0.2, 0.25) is 0 Å². The van der Waals surface area contributed by atoms with E-state index >= 15 is 26.3 Å². The average Bonchev–Trinajstić information content (AvgIpc) is 1.52. The van der Waals surface area contributed by atoms with Crippen molar-refractivity contribution in [2.45, 2.75) is 10.8 Å². The van der Waals surface area contributed by atoms with Crippen LogP contribution in [0.5, 0.6) is 0 Å². The Hall–Kier alpha value is -13.8. The summed E-state index contributed by atoms with van der Waals surface area (Å²) in [4.78, 5) is 4.33. The number of halogens is 6. The van der Waals surface area contributed by atoms with E-state index in [1.54, 1.807) is 12.2 Å². The maximum Gasteiger partial charge on any atom is 0.161 e. The second-order valence-corrected chi connectivity index (χ2v) is 27.9. The zero-order chi connectivity index (χ0) is 74.8. The van der Waals surface area contributed by atoms with Crippen LogP contribution in [0.15, 0.2) is 377 Å². The fourth-order valence-corrected chi connectivity index (χ4v) is 16.8. The van der Waals surface area contributed by atoms with Crippen LogP contribution in [0.25, 0.3) is 90.0 Å². The van der Waals surface area contributed by atoms with Crippen LogP contribution >= 0.6 is 0 Å². The van der Waals surface area contributed by atoms with E-state index in [0.29, 0.717) is 34.4 Å². The monoisotopic (exact) mass is 1430 g/mol. The van der Waals surface area contributed by atoms with Crippen LogP contribution in [0.4, 0.5) is 60.5 Å². The maximum atomic E-state index is 17.2. The van der Waals surface area contributed by atoms with Crippen LogP contribution in [-0.4, -0.2) is 0 Å². The van der Waals surface area contributed by atoms with Gasteiger partial charge in [-0.2, -0.15) is 0 Å². The first-order chi connectivity index (χ1) is 53.9. The van der Waals surface area contributed by atoms with Crippen molar-refractivity contribution < 1.29 is 26.3 Å². The molecule has 0 amide bonds. The Labute approximate surface area is 635 Å². The molecule has 2 atom stereocenters. The lowest BCUT2D eigenvalue weighted by Crippen LogP contribution is -2.30. The lowest BCUT2D eigenvalue weighted by Gasteiger charge is -2.35. The molecular weight excluding hydrogens is 1370 g/mol. The van der Waals surface area contributed by atoms with E-state index in [2.05, 4.69) is 217 Å². The first-order valence-corrected chi connectivity index (χ1v) is 36.5. The number of nitrogens with zero attached hydrogens (tertiary/aromatic N) is 2. The van der Waals surface area contributed by atoms with E-state index in [9.17, 15) is 0 Å². The van der Waals surface area contributed by atoms with Crippen molar-refractivity contribution in [3.8, 4) is 77.9 Å². The van der Waals surface area contributed by atoms with E-state index in [-0.39, 0.29) is 11.1 Å². The highest BCUT2D eigenvalue weighted by atomic mass is 19.2. The maximum absolute atomic E-state index is 17.2. The van der Waals surface area contributed by atoms with Gasteiger partial charge in [0.2, 0.25) is 0 Å².